The number of ether oxygens (including phenoxy) is 1. The van der Waals surface area contributed by atoms with Crippen molar-refractivity contribution in [3.63, 3.8) is 0 Å². The first-order valence-electron chi connectivity index (χ1n) is 18.3. The van der Waals surface area contributed by atoms with Crippen LogP contribution < -0.4 is 20.1 Å². The van der Waals surface area contributed by atoms with E-state index in [4.69, 9.17) is 4.74 Å². The molecular weight excluding hydrogens is 688 g/mol. The fourth-order valence-corrected chi connectivity index (χ4v) is 8.79. The highest BCUT2D eigenvalue weighted by Gasteiger charge is 2.63. The summed E-state index contributed by atoms with van der Waals surface area (Å²) in [6, 6.07) is 12.5. The van der Waals surface area contributed by atoms with Crippen LogP contribution in [-0.4, -0.2) is 75.6 Å². The molecule has 3 amide bonds. The number of carbonyl (C=O) groups excluding carboxylic acids is 3. The number of para-hydroxylation sites is 2. The molecule has 0 radical (unpaired) electrons. The van der Waals surface area contributed by atoms with E-state index in [0.29, 0.717) is 24.8 Å². The predicted molar refractivity (Wildman–Crippen MR) is 194 cm³/mol. The van der Waals surface area contributed by atoms with Crippen LogP contribution in [0.25, 0.3) is 11.0 Å². The quantitative estimate of drug-likeness (QED) is 0.274. The SMILES string of the molecule is CC(C)n1c(O[C@@H]2C[C@H]3C(=O)N[C@]4(C(=O)NS(=O)(=O)C5(C)CC5)C[C@H]4/C=C\CCCCC[C@H](Nc4ccccc4)C(=O)N3C2)nc2c(F)cccc21. The van der Waals surface area contributed by atoms with E-state index >= 15 is 0 Å². The van der Waals surface area contributed by atoms with Gasteiger partial charge >= 0.3 is 0 Å². The van der Waals surface area contributed by atoms with Gasteiger partial charge in [0.1, 0.15) is 29.2 Å². The summed E-state index contributed by atoms with van der Waals surface area (Å²) in [7, 11) is -3.97. The van der Waals surface area contributed by atoms with Crippen molar-refractivity contribution in [3.8, 4) is 6.01 Å². The van der Waals surface area contributed by atoms with Gasteiger partial charge in [0.2, 0.25) is 21.8 Å². The van der Waals surface area contributed by atoms with E-state index in [1.807, 2.05) is 56.3 Å². The number of nitrogens with zero attached hydrogens (tertiary/aromatic N) is 3. The summed E-state index contributed by atoms with van der Waals surface area (Å²) in [6.45, 7) is 5.51. The van der Waals surface area contributed by atoms with E-state index in [1.165, 1.54) is 11.0 Å². The van der Waals surface area contributed by atoms with E-state index < -0.39 is 62.0 Å². The molecule has 4 aliphatic rings. The highest BCUT2D eigenvalue weighted by Crippen LogP contribution is 2.47. The van der Waals surface area contributed by atoms with Gasteiger partial charge in [0.05, 0.1) is 16.8 Å². The summed E-state index contributed by atoms with van der Waals surface area (Å²) in [4.78, 5) is 48.8. The van der Waals surface area contributed by atoms with Crippen LogP contribution in [0.2, 0.25) is 0 Å². The third-order valence-electron chi connectivity index (χ3n) is 11.0. The monoisotopic (exact) mass is 734 g/mol. The Balaban J connectivity index is 1.21. The van der Waals surface area contributed by atoms with Crippen LogP contribution in [-0.2, 0) is 24.4 Å². The second-order valence-electron chi connectivity index (χ2n) is 15.2. The Hall–Kier alpha value is -4.46. The number of hydrogen-bond donors (Lipinski definition) is 3. The van der Waals surface area contributed by atoms with Crippen molar-refractivity contribution in [2.75, 3.05) is 11.9 Å². The molecule has 3 aromatic rings. The summed E-state index contributed by atoms with van der Waals surface area (Å²) in [5, 5.41) is 6.31. The molecule has 3 heterocycles. The van der Waals surface area contributed by atoms with Gasteiger partial charge in [-0.15, -0.1) is 0 Å². The Morgan fingerprint density at radius 2 is 1.85 bits per heavy atom. The summed E-state index contributed by atoms with van der Waals surface area (Å²) in [6.07, 6.45) is 8.19. The third-order valence-corrected chi connectivity index (χ3v) is 13.2. The molecule has 1 aromatic heterocycles. The average Bonchev–Trinajstić information content (AvgIpc) is 3.92. The number of rotatable bonds is 8. The minimum absolute atomic E-state index is 0.0446. The van der Waals surface area contributed by atoms with Gasteiger partial charge in [-0.3, -0.25) is 23.7 Å². The topological polar surface area (TPSA) is 152 Å². The lowest BCUT2D eigenvalue weighted by molar-refractivity contribution is -0.140. The molecule has 2 saturated carbocycles. The number of benzene rings is 2. The van der Waals surface area contributed by atoms with Crippen LogP contribution in [0.4, 0.5) is 10.1 Å². The smallest absolute Gasteiger partial charge is 0.298 e. The molecule has 1 saturated heterocycles. The van der Waals surface area contributed by atoms with Crippen molar-refractivity contribution >= 4 is 44.5 Å². The molecule has 2 aliphatic carbocycles. The van der Waals surface area contributed by atoms with Gasteiger partial charge in [-0.05, 0) is 83.6 Å². The van der Waals surface area contributed by atoms with E-state index in [1.54, 1.807) is 23.6 Å². The van der Waals surface area contributed by atoms with Gasteiger partial charge in [0.25, 0.3) is 11.9 Å². The molecular formula is C38H47FN6O6S. The molecule has 0 unspecified atom stereocenters. The fraction of sp³-hybridized carbons (Fsp3) is 0.526. The van der Waals surface area contributed by atoms with Crippen molar-refractivity contribution in [1.29, 1.82) is 0 Å². The normalized spacial score (nSPS) is 28.2. The van der Waals surface area contributed by atoms with E-state index in [0.717, 1.165) is 31.4 Å². The average molecular weight is 735 g/mol. The first-order valence-corrected chi connectivity index (χ1v) is 19.8. The van der Waals surface area contributed by atoms with E-state index in [2.05, 4.69) is 20.3 Å². The molecule has 14 heteroatoms. The number of amides is 3. The Morgan fingerprint density at radius 1 is 1.08 bits per heavy atom. The van der Waals surface area contributed by atoms with Gasteiger partial charge in [-0.25, -0.2) is 12.8 Å². The number of allylic oxidation sites excluding steroid dienone is 1. The molecule has 3 fully saturated rings. The highest BCUT2D eigenvalue weighted by atomic mass is 32.2. The lowest BCUT2D eigenvalue weighted by Crippen LogP contribution is -2.58. The minimum Gasteiger partial charge on any atom is -0.459 e. The number of fused-ring (bicyclic) bond motifs is 3. The molecule has 52 heavy (non-hydrogen) atoms. The van der Waals surface area contributed by atoms with Crippen LogP contribution >= 0.6 is 0 Å². The van der Waals surface area contributed by atoms with Gasteiger partial charge in [-0.2, -0.15) is 4.98 Å². The predicted octanol–water partition coefficient (Wildman–Crippen LogP) is 4.98. The Kier molecular flexibility index (Phi) is 9.55. The minimum atomic E-state index is -3.97. The van der Waals surface area contributed by atoms with Gasteiger partial charge < -0.3 is 20.3 Å². The molecule has 7 rings (SSSR count). The van der Waals surface area contributed by atoms with Crippen LogP contribution in [0.3, 0.4) is 0 Å². The second-order valence-corrected chi connectivity index (χ2v) is 17.4. The maximum atomic E-state index is 14.8. The fourth-order valence-electron chi connectivity index (χ4n) is 7.47. The van der Waals surface area contributed by atoms with Gasteiger partial charge in [-0.1, -0.05) is 49.3 Å². The first kappa shape index (κ1) is 35.9. The van der Waals surface area contributed by atoms with Crippen molar-refractivity contribution in [3.05, 3.63) is 66.5 Å². The van der Waals surface area contributed by atoms with Crippen LogP contribution in [0.5, 0.6) is 6.01 Å². The lowest BCUT2D eigenvalue weighted by atomic mass is 10.0. The number of halogens is 1. The van der Waals surface area contributed by atoms with Crippen molar-refractivity contribution < 1.29 is 31.9 Å². The number of aromatic nitrogens is 2. The number of carbonyl (C=O) groups is 3. The molecule has 0 spiro atoms. The summed E-state index contributed by atoms with van der Waals surface area (Å²) >= 11 is 0. The number of sulfonamides is 1. The summed E-state index contributed by atoms with van der Waals surface area (Å²) < 4.78 is 50.6. The standard InChI is InChI=1S/C38H47FN6O6S/c1-24(2)45-30-18-12-16-28(39)32(30)41-36(45)51-27-21-31-33(46)42-38(35(48)43-52(49,50)37(3)19-20-37)22-25(38)13-8-5-4-6-11-17-29(34(47)44(31)23-27)40-26-14-9-7-10-15-26/h7-10,12-16,18,24-25,27,29,31,40H,4-6,11,17,19-23H2,1-3H3,(H,42,46)(H,43,48)/b13-8-/t25-,27-,29+,31+,38-/m1/s1. The Morgan fingerprint density at radius 3 is 2.58 bits per heavy atom. The molecule has 2 aromatic carbocycles. The van der Waals surface area contributed by atoms with Crippen LogP contribution in [0.1, 0.15) is 84.6 Å². The van der Waals surface area contributed by atoms with E-state index in [-0.39, 0.29) is 42.9 Å². The Labute approximate surface area is 303 Å². The van der Waals surface area contributed by atoms with Crippen LogP contribution in [0.15, 0.2) is 60.7 Å². The van der Waals surface area contributed by atoms with Crippen molar-refractivity contribution in [2.45, 2.75) is 113 Å². The Bertz CT molecular complexity index is 2000. The van der Waals surface area contributed by atoms with Crippen LogP contribution in [0, 0.1) is 11.7 Å². The largest absolute Gasteiger partial charge is 0.459 e. The zero-order valence-electron chi connectivity index (χ0n) is 29.8. The lowest BCUT2D eigenvalue weighted by Gasteiger charge is -2.30. The molecule has 278 valence electrons. The van der Waals surface area contributed by atoms with Gasteiger partial charge in [0, 0.05) is 24.1 Å². The molecule has 12 nitrogen and oxygen atoms in total. The molecule has 2 aliphatic heterocycles. The van der Waals surface area contributed by atoms with E-state index in [9.17, 15) is 27.2 Å². The first-order chi connectivity index (χ1) is 24.8. The summed E-state index contributed by atoms with van der Waals surface area (Å²) in [5.41, 5.74) is 0.0136. The third kappa shape index (κ3) is 6.89. The van der Waals surface area contributed by atoms with Crippen molar-refractivity contribution in [1.82, 2.24) is 24.5 Å². The van der Waals surface area contributed by atoms with Gasteiger partial charge in [0.15, 0.2) is 5.82 Å². The number of anilines is 1. The maximum Gasteiger partial charge on any atom is 0.298 e. The highest BCUT2D eigenvalue weighted by molar-refractivity contribution is 7.91. The number of hydrogen-bond acceptors (Lipinski definition) is 8. The zero-order valence-corrected chi connectivity index (χ0v) is 30.6. The summed E-state index contributed by atoms with van der Waals surface area (Å²) in [5.74, 6) is -2.53. The van der Waals surface area contributed by atoms with Crippen molar-refractivity contribution in [2.24, 2.45) is 5.92 Å². The molecule has 5 atom stereocenters. The second kappa shape index (κ2) is 13.8. The molecule has 3 N–H and O–H groups in total. The zero-order chi connectivity index (χ0) is 36.8. The molecule has 0 bridgehead atoms. The number of imidazole rings is 1. The number of nitrogens with one attached hydrogen (secondary N) is 3. The maximum absolute atomic E-state index is 14.8.